The van der Waals surface area contributed by atoms with Crippen molar-refractivity contribution >= 4 is 17.7 Å². The molecule has 2 aromatic heterocycles. The molecule has 2 aromatic rings. The van der Waals surface area contributed by atoms with Gasteiger partial charge in [0.1, 0.15) is 12.1 Å². The molecular weight excluding hydrogens is 296 g/mol. The molecular formula is C15H18N6O2. The number of nitrogens with zero attached hydrogens (tertiary/aromatic N) is 6. The Labute approximate surface area is 133 Å². The van der Waals surface area contributed by atoms with Crippen molar-refractivity contribution in [3.05, 3.63) is 36.0 Å². The number of aromatic nitrogens is 4. The Morgan fingerprint density at radius 2 is 1.96 bits per heavy atom. The Kier molecular flexibility index (Phi) is 4.05. The van der Waals surface area contributed by atoms with E-state index in [1.807, 2.05) is 0 Å². The molecule has 0 amide bonds. The van der Waals surface area contributed by atoms with Crippen molar-refractivity contribution in [3.63, 3.8) is 0 Å². The van der Waals surface area contributed by atoms with Gasteiger partial charge in [-0.15, -0.1) is 0 Å². The molecule has 8 heteroatoms. The number of piperazine rings is 1. The van der Waals surface area contributed by atoms with Crippen LogP contribution in [0.4, 0.5) is 11.8 Å². The fourth-order valence-electron chi connectivity index (χ4n) is 2.85. The molecule has 0 bridgehead atoms. The van der Waals surface area contributed by atoms with Gasteiger partial charge in [0.25, 0.3) is 0 Å². The average molecular weight is 314 g/mol. The van der Waals surface area contributed by atoms with Crippen molar-refractivity contribution < 1.29 is 9.90 Å². The van der Waals surface area contributed by atoms with Crippen LogP contribution in [0.1, 0.15) is 23.0 Å². The van der Waals surface area contributed by atoms with Gasteiger partial charge < -0.3 is 14.9 Å². The van der Waals surface area contributed by atoms with E-state index in [-0.39, 0.29) is 11.7 Å². The molecule has 0 aliphatic carbocycles. The first-order chi connectivity index (χ1) is 11.1. The van der Waals surface area contributed by atoms with Crippen LogP contribution in [0.5, 0.6) is 0 Å². The number of hydrogen-bond acceptors (Lipinski definition) is 7. The SMILES string of the molecule is Cc1c(C(=O)O)ncnc1N1CCN(c2ncccn2)CC1C. The molecule has 1 unspecified atom stereocenters. The van der Waals surface area contributed by atoms with E-state index in [0.717, 1.165) is 19.6 Å². The van der Waals surface area contributed by atoms with Gasteiger partial charge in [0.15, 0.2) is 5.69 Å². The first-order valence-electron chi connectivity index (χ1n) is 7.41. The van der Waals surface area contributed by atoms with Crippen molar-refractivity contribution in [2.24, 2.45) is 0 Å². The number of rotatable bonds is 3. The predicted octanol–water partition coefficient (Wildman–Crippen LogP) is 0.988. The van der Waals surface area contributed by atoms with Gasteiger partial charge in [0.05, 0.1) is 0 Å². The van der Waals surface area contributed by atoms with Crippen LogP contribution in [0.25, 0.3) is 0 Å². The van der Waals surface area contributed by atoms with Crippen LogP contribution < -0.4 is 9.80 Å². The topological polar surface area (TPSA) is 95.3 Å². The van der Waals surface area contributed by atoms with E-state index >= 15 is 0 Å². The van der Waals surface area contributed by atoms with Crippen molar-refractivity contribution in [2.45, 2.75) is 19.9 Å². The van der Waals surface area contributed by atoms with Gasteiger partial charge >= 0.3 is 5.97 Å². The Morgan fingerprint density at radius 3 is 2.61 bits per heavy atom. The standard InChI is InChI=1S/C15H18N6O2/c1-10-8-20(15-16-4-3-5-17-15)6-7-21(10)13-11(2)12(14(22)23)18-9-19-13/h3-5,9-10H,6-8H2,1-2H3,(H,22,23). The van der Waals surface area contributed by atoms with Crippen molar-refractivity contribution in [3.8, 4) is 0 Å². The zero-order valence-electron chi connectivity index (χ0n) is 13.0. The Bertz CT molecular complexity index is 708. The highest BCUT2D eigenvalue weighted by atomic mass is 16.4. The lowest BCUT2D eigenvalue weighted by atomic mass is 10.1. The molecule has 3 heterocycles. The maximum absolute atomic E-state index is 11.2. The minimum Gasteiger partial charge on any atom is -0.476 e. The maximum Gasteiger partial charge on any atom is 0.354 e. The summed E-state index contributed by atoms with van der Waals surface area (Å²) in [6.07, 6.45) is 4.77. The van der Waals surface area contributed by atoms with Crippen LogP contribution in [0.3, 0.4) is 0 Å². The van der Waals surface area contributed by atoms with E-state index in [4.69, 9.17) is 0 Å². The van der Waals surface area contributed by atoms with E-state index < -0.39 is 5.97 Å². The van der Waals surface area contributed by atoms with Gasteiger partial charge in [-0.05, 0) is 19.9 Å². The van der Waals surface area contributed by atoms with Crippen molar-refractivity contribution in [1.29, 1.82) is 0 Å². The monoisotopic (exact) mass is 314 g/mol. The highest BCUT2D eigenvalue weighted by Crippen LogP contribution is 2.24. The summed E-state index contributed by atoms with van der Waals surface area (Å²) in [5.74, 6) is 0.360. The molecule has 1 saturated heterocycles. The number of anilines is 2. The predicted molar refractivity (Wildman–Crippen MR) is 84.8 cm³/mol. The minimum absolute atomic E-state index is 0.0519. The van der Waals surface area contributed by atoms with Crippen LogP contribution in [0.15, 0.2) is 24.8 Å². The third-order valence-electron chi connectivity index (χ3n) is 3.99. The second-order valence-corrected chi connectivity index (χ2v) is 5.51. The summed E-state index contributed by atoms with van der Waals surface area (Å²) in [7, 11) is 0. The third-order valence-corrected chi connectivity index (χ3v) is 3.99. The lowest BCUT2D eigenvalue weighted by Gasteiger charge is -2.41. The van der Waals surface area contributed by atoms with Crippen molar-refractivity contribution in [2.75, 3.05) is 29.4 Å². The quantitative estimate of drug-likeness (QED) is 0.896. The summed E-state index contributed by atoms with van der Waals surface area (Å²) >= 11 is 0. The largest absolute Gasteiger partial charge is 0.476 e. The van der Waals surface area contributed by atoms with E-state index in [9.17, 15) is 9.90 Å². The molecule has 1 aliphatic rings. The molecule has 1 aliphatic heterocycles. The first kappa shape index (κ1) is 15.1. The fourth-order valence-corrected chi connectivity index (χ4v) is 2.85. The van der Waals surface area contributed by atoms with Crippen LogP contribution in [-0.2, 0) is 0 Å². The van der Waals surface area contributed by atoms with E-state index in [1.165, 1.54) is 6.33 Å². The summed E-state index contributed by atoms with van der Waals surface area (Å²) in [4.78, 5) is 32.2. The highest BCUT2D eigenvalue weighted by molar-refractivity contribution is 5.88. The molecule has 23 heavy (non-hydrogen) atoms. The molecule has 3 rings (SSSR count). The molecule has 120 valence electrons. The molecule has 1 fully saturated rings. The van der Waals surface area contributed by atoms with Crippen molar-refractivity contribution in [1.82, 2.24) is 19.9 Å². The third kappa shape index (κ3) is 2.92. The summed E-state index contributed by atoms with van der Waals surface area (Å²) in [5.41, 5.74) is 0.646. The summed E-state index contributed by atoms with van der Waals surface area (Å²) in [6.45, 7) is 6.04. The van der Waals surface area contributed by atoms with Gasteiger partial charge in [0.2, 0.25) is 5.95 Å². The number of carbonyl (C=O) groups is 1. The van der Waals surface area contributed by atoms with Gasteiger partial charge in [0, 0.05) is 43.6 Å². The lowest BCUT2D eigenvalue weighted by molar-refractivity contribution is 0.0689. The zero-order valence-corrected chi connectivity index (χ0v) is 13.0. The Morgan fingerprint density at radius 1 is 1.22 bits per heavy atom. The van der Waals surface area contributed by atoms with Crippen LogP contribution in [-0.4, -0.2) is 56.7 Å². The molecule has 1 atom stereocenters. The molecule has 0 aromatic carbocycles. The number of carboxylic acids is 1. The maximum atomic E-state index is 11.2. The molecule has 0 saturated carbocycles. The smallest absolute Gasteiger partial charge is 0.354 e. The van der Waals surface area contributed by atoms with Crippen LogP contribution >= 0.6 is 0 Å². The van der Waals surface area contributed by atoms with Crippen LogP contribution in [0.2, 0.25) is 0 Å². The van der Waals surface area contributed by atoms with Crippen LogP contribution in [0, 0.1) is 6.92 Å². The Balaban J connectivity index is 1.82. The summed E-state index contributed by atoms with van der Waals surface area (Å²) in [5, 5.41) is 9.21. The van der Waals surface area contributed by atoms with E-state index in [2.05, 4.69) is 36.7 Å². The summed E-state index contributed by atoms with van der Waals surface area (Å²) in [6, 6.07) is 1.95. The fraction of sp³-hybridized carbons (Fsp3) is 0.400. The molecule has 0 spiro atoms. The highest BCUT2D eigenvalue weighted by Gasteiger charge is 2.28. The van der Waals surface area contributed by atoms with E-state index in [1.54, 1.807) is 25.4 Å². The number of hydrogen-bond donors (Lipinski definition) is 1. The van der Waals surface area contributed by atoms with Gasteiger partial charge in [-0.1, -0.05) is 0 Å². The average Bonchev–Trinajstić information content (AvgIpc) is 2.56. The molecule has 1 N–H and O–H groups in total. The second-order valence-electron chi connectivity index (χ2n) is 5.51. The first-order valence-corrected chi connectivity index (χ1v) is 7.41. The Hall–Kier alpha value is -2.77. The van der Waals surface area contributed by atoms with E-state index in [0.29, 0.717) is 17.3 Å². The summed E-state index contributed by atoms with van der Waals surface area (Å²) < 4.78 is 0. The normalized spacial score (nSPS) is 18.1. The molecule has 0 radical (unpaired) electrons. The second kappa shape index (κ2) is 6.15. The van der Waals surface area contributed by atoms with Gasteiger partial charge in [-0.3, -0.25) is 0 Å². The minimum atomic E-state index is -1.03. The van der Waals surface area contributed by atoms with Gasteiger partial charge in [-0.25, -0.2) is 24.7 Å². The number of aromatic carboxylic acids is 1. The molecule has 8 nitrogen and oxygen atoms in total. The van der Waals surface area contributed by atoms with Gasteiger partial charge in [-0.2, -0.15) is 0 Å². The zero-order chi connectivity index (χ0) is 16.4. The lowest BCUT2D eigenvalue weighted by Crippen LogP contribution is -2.53. The number of carboxylic acid groups (broad SMARTS) is 1.